The van der Waals surface area contributed by atoms with Crippen LogP contribution in [0.25, 0.3) is 16.7 Å². The summed E-state index contributed by atoms with van der Waals surface area (Å²) in [6, 6.07) is 11.2. The van der Waals surface area contributed by atoms with Crippen molar-refractivity contribution in [1.29, 1.82) is 5.26 Å². The topological polar surface area (TPSA) is 79.9 Å². The van der Waals surface area contributed by atoms with Crippen LogP contribution in [0.4, 0.5) is 4.39 Å². The number of pyridine rings is 1. The van der Waals surface area contributed by atoms with Crippen LogP contribution in [0.15, 0.2) is 42.6 Å². The van der Waals surface area contributed by atoms with Gasteiger partial charge in [0, 0.05) is 25.2 Å². The standard InChI is InChI=1S/C18H15FN4O2/c1-25-7-6-21-18(24)16-8-13-3-4-14(19)9-15(13)23(16)17-5-2-12(10-20)11-22-17/h2-5,8-9,11H,6-7H2,1H3,(H,21,24). The van der Waals surface area contributed by atoms with Crippen molar-refractivity contribution in [2.75, 3.05) is 20.3 Å². The Morgan fingerprint density at radius 1 is 1.36 bits per heavy atom. The molecule has 0 fully saturated rings. The maximum absolute atomic E-state index is 13.7. The van der Waals surface area contributed by atoms with Gasteiger partial charge in [0.25, 0.3) is 5.91 Å². The minimum Gasteiger partial charge on any atom is -0.383 e. The molecule has 6 nitrogen and oxygen atoms in total. The lowest BCUT2D eigenvalue weighted by atomic mass is 10.2. The molecular weight excluding hydrogens is 323 g/mol. The van der Waals surface area contributed by atoms with Gasteiger partial charge in [0.15, 0.2) is 0 Å². The normalized spacial score (nSPS) is 10.6. The van der Waals surface area contributed by atoms with Gasteiger partial charge in [-0.15, -0.1) is 0 Å². The van der Waals surface area contributed by atoms with E-state index in [0.29, 0.717) is 41.1 Å². The highest BCUT2D eigenvalue weighted by atomic mass is 19.1. The van der Waals surface area contributed by atoms with Gasteiger partial charge in [-0.25, -0.2) is 9.37 Å². The molecule has 0 saturated carbocycles. The van der Waals surface area contributed by atoms with Crippen LogP contribution in [-0.4, -0.2) is 35.7 Å². The van der Waals surface area contributed by atoms with Crippen LogP contribution in [0.2, 0.25) is 0 Å². The highest BCUT2D eigenvalue weighted by molar-refractivity contribution is 5.99. The number of amides is 1. The van der Waals surface area contributed by atoms with Crippen molar-refractivity contribution in [1.82, 2.24) is 14.9 Å². The average Bonchev–Trinajstić information content (AvgIpc) is 3.00. The van der Waals surface area contributed by atoms with E-state index in [4.69, 9.17) is 10.00 Å². The summed E-state index contributed by atoms with van der Waals surface area (Å²) in [6.45, 7) is 0.738. The predicted molar refractivity (Wildman–Crippen MR) is 90.0 cm³/mol. The number of fused-ring (bicyclic) bond motifs is 1. The van der Waals surface area contributed by atoms with Gasteiger partial charge >= 0.3 is 0 Å². The third kappa shape index (κ3) is 3.34. The number of nitrogens with one attached hydrogen (secondary N) is 1. The second-order valence-electron chi connectivity index (χ2n) is 5.33. The number of nitrogens with zero attached hydrogens (tertiary/aromatic N) is 3. The Hall–Kier alpha value is -3.24. The van der Waals surface area contributed by atoms with Gasteiger partial charge in [-0.1, -0.05) is 0 Å². The summed E-state index contributed by atoms with van der Waals surface area (Å²) >= 11 is 0. The molecule has 3 aromatic rings. The van der Waals surface area contributed by atoms with E-state index >= 15 is 0 Å². The number of halogens is 1. The Kier molecular flexibility index (Phi) is 4.73. The lowest BCUT2D eigenvalue weighted by molar-refractivity contribution is 0.0930. The van der Waals surface area contributed by atoms with E-state index in [1.165, 1.54) is 18.3 Å². The average molecular weight is 338 g/mol. The lowest BCUT2D eigenvalue weighted by Gasteiger charge is -2.10. The first-order valence-corrected chi connectivity index (χ1v) is 7.58. The minimum absolute atomic E-state index is 0.320. The fourth-order valence-electron chi connectivity index (χ4n) is 2.53. The number of hydrogen-bond acceptors (Lipinski definition) is 4. The van der Waals surface area contributed by atoms with Crippen LogP contribution in [-0.2, 0) is 4.74 Å². The summed E-state index contributed by atoms with van der Waals surface area (Å²) in [5, 5.41) is 12.4. The zero-order valence-corrected chi connectivity index (χ0v) is 13.5. The summed E-state index contributed by atoms with van der Waals surface area (Å²) in [6.07, 6.45) is 1.41. The van der Waals surface area contributed by atoms with E-state index in [0.717, 1.165) is 0 Å². The number of nitriles is 1. The molecule has 0 aliphatic heterocycles. The predicted octanol–water partition coefficient (Wildman–Crippen LogP) is 2.41. The number of benzene rings is 1. The van der Waals surface area contributed by atoms with Crippen molar-refractivity contribution in [3.8, 4) is 11.9 Å². The number of methoxy groups -OCH3 is 1. The Balaban J connectivity index is 2.12. The summed E-state index contributed by atoms with van der Waals surface area (Å²) in [5.74, 6) is -0.303. The van der Waals surface area contributed by atoms with Gasteiger partial charge in [0.1, 0.15) is 23.4 Å². The molecular formula is C18H15FN4O2. The van der Waals surface area contributed by atoms with E-state index in [9.17, 15) is 9.18 Å². The van der Waals surface area contributed by atoms with E-state index in [-0.39, 0.29) is 5.91 Å². The number of aromatic nitrogens is 2. The molecule has 0 radical (unpaired) electrons. The Labute approximate surface area is 143 Å². The summed E-state index contributed by atoms with van der Waals surface area (Å²) in [4.78, 5) is 16.8. The SMILES string of the molecule is COCCNC(=O)c1cc2ccc(F)cc2n1-c1ccc(C#N)cn1. The zero-order valence-electron chi connectivity index (χ0n) is 13.5. The monoisotopic (exact) mass is 338 g/mol. The van der Waals surface area contributed by atoms with Gasteiger partial charge in [-0.2, -0.15) is 5.26 Å². The Bertz CT molecular complexity index is 958. The number of carbonyl (C=O) groups is 1. The largest absolute Gasteiger partial charge is 0.383 e. The molecule has 2 aromatic heterocycles. The molecule has 1 amide bonds. The maximum Gasteiger partial charge on any atom is 0.268 e. The maximum atomic E-state index is 13.7. The number of carbonyl (C=O) groups excluding carboxylic acids is 1. The van der Waals surface area contributed by atoms with Crippen molar-refractivity contribution < 1.29 is 13.9 Å². The summed E-state index contributed by atoms with van der Waals surface area (Å²) in [7, 11) is 1.55. The molecule has 0 spiro atoms. The molecule has 1 aromatic carbocycles. The van der Waals surface area contributed by atoms with Crippen LogP contribution in [0.1, 0.15) is 16.1 Å². The van der Waals surface area contributed by atoms with Crippen LogP contribution in [0.3, 0.4) is 0 Å². The minimum atomic E-state index is -0.410. The fourth-order valence-corrected chi connectivity index (χ4v) is 2.53. The molecule has 0 saturated heterocycles. The second-order valence-corrected chi connectivity index (χ2v) is 5.33. The number of rotatable bonds is 5. The van der Waals surface area contributed by atoms with E-state index in [1.807, 2.05) is 6.07 Å². The van der Waals surface area contributed by atoms with Crippen molar-refractivity contribution in [2.24, 2.45) is 0 Å². The lowest BCUT2D eigenvalue weighted by Crippen LogP contribution is -2.28. The third-order valence-electron chi connectivity index (χ3n) is 3.70. The van der Waals surface area contributed by atoms with Crippen molar-refractivity contribution in [2.45, 2.75) is 0 Å². The highest BCUT2D eigenvalue weighted by Crippen LogP contribution is 2.24. The second kappa shape index (κ2) is 7.11. The van der Waals surface area contributed by atoms with E-state index in [1.54, 1.807) is 35.9 Å². The van der Waals surface area contributed by atoms with Crippen LogP contribution in [0.5, 0.6) is 0 Å². The van der Waals surface area contributed by atoms with Crippen molar-refractivity contribution >= 4 is 16.8 Å². The van der Waals surface area contributed by atoms with Gasteiger partial charge < -0.3 is 10.1 Å². The first-order chi connectivity index (χ1) is 12.1. The molecule has 0 aliphatic carbocycles. The molecule has 126 valence electrons. The quantitative estimate of drug-likeness (QED) is 0.725. The van der Waals surface area contributed by atoms with E-state index < -0.39 is 5.82 Å². The van der Waals surface area contributed by atoms with Crippen LogP contribution >= 0.6 is 0 Å². The Morgan fingerprint density at radius 3 is 2.88 bits per heavy atom. The molecule has 3 rings (SSSR count). The van der Waals surface area contributed by atoms with E-state index in [2.05, 4.69) is 10.3 Å². The van der Waals surface area contributed by atoms with Gasteiger partial charge in [-0.05, 0) is 36.4 Å². The molecule has 2 heterocycles. The first kappa shape index (κ1) is 16.6. The van der Waals surface area contributed by atoms with Gasteiger partial charge in [0.2, 0.25) is 0 Å². The van der Waals surface area contributed by atoms with Crippen LogP contribution < -0.4 is 5.32 Å². The third-order valence-corrected chi connectivity index (χ3v) is 3.70. The molecule has 25 heavy (non-hydrogen) atoms. The Morgan fingerprint density at radius 2 is 2.20 bits per heavy atom. The molecule has 0 bridgehead atoms. The van der Waals surface area contributed by atoms with Gasteiger partial charge in [-0.3, -0.25) is 9.36 Å². The summed E-state index contributed by atoms with van der Waals surface area (Å²) < 4.78 is 20.2. The highest BCUT2D eigenvalue weighted by Gasteiger charge is 2.18. The smallest absolute Gasteiger partial charge is 0.268 e. The molecule has 0 atom stereocenters. The molecule has 0 unspecified atom stereocenters. The van der Waals surface area contributed by atoms with Crippen molar-refractivity contribution in [3.63, 3.8) is 0 Å². The first-order valence-electron chi connectivity index (χ1n) is 7.58. The molecule has 7 heteroatoms. The van der Waals surface area contributed by atoms with Crippen molar-refractivity contribution in [3.05, 3.63) is 59.7 Å². The molecule has 1 N–H and O–H groups in total. The zero-order chi connectivity index (χ0) is 17.8. The summed E-state index contributed by atoms with van der Waals surface area (Å²) in [5.41, 5.74) is 1.25. The molecule has 0 aliphatic rings. The fraction of sp³-hybridized carbons (Fsp3) is 0.167. The van der Waals surface area contributed by atoms with Gasteiger partial charge in [0.05, 0.1) is 17.7 Å². The number of hydrogen-bond donors (Lipinski definition) is 1. The van der Waals surface area contributed by atoms with Crippen LogP contribution in [0, 0.1) is 17.1 Å². The number of ether oxygens (including phenoxy) is 1.